The summed E-state index contributed by atoms with van der Waals surface area (Å²) in [6, 6.07) is 10.1. The number of amides is 3. The normalized spacial score (nSPS) is 15.1. The van der Waals surface area contributed by atoms with Crippen molar-refractivity contribution in [3.05, 3.63) is 53.4 Å². The highest BCUT2D eigenvalue weighted by Gasteiger charge is 2.25. The van der Waals surface area contributed by atoms with Crippen LogP contribution in [0.5, 0.6) is 0 Å². The number of likely N-dealkylation sites (tertiary alicyclic amines) is 1. The summed E-state index contributed by atoms with van der Waals surface area (Å²) < 4.78 is 5.13. The number of nitrogens with one attached hydrogen (secondary N) is 2. The zero-order valence-electron chi connectivity index (χ0n) is 13.0. The zero-order chi connectivity index (χ0) is 16.9. The third-order valence-corrected chi connectivity index (χ3v) is 4.20. The summed E-state index contributed by atoms with van der Waals surface area (Å²) in [5, 5.41) is 6.32. The van der Waals surface area contributed by atoms with Crippen LogP contribution in [0.25, 0.3) is 0 Å². The largest absolute Gasteiger partial charge is 0.459 e. The Labute approximate surface area is 144 Å². The molecule has 6 nitrogen and oxygen atoms in total. The first-order chi connectivity index (χ1) is 11.6. The van der Waals surface area contributed by atoms with Gasteiger partial charge in [-0.1, -0.05) is 11.6 Å². The molecule has 2 N–H and O–H groups in total. The molecule has 0 spiro atoms. The smallest absolute Gasteiger partial charge is 0.319 e. The molecular formula is C17H18ClN3O3. The number of hydrogen-bond donors (Lipinski definition) is 2. The summed E-state index contributed by atoms with van der Waals surface area (Å²) in [4.78, 5) is 25.9. The number of anilines is 1. The fourth-order valence-electron chi connectivity index (χ4n) is 2.67. The van der Waals surface area contributed by atoms with E-state index in [0.717, 1.165) is 0 Å². The molecule has 0 radical (unpaired) electrons. The lowest BCUT2D eigenvalue weighted by Crippen LogP contribution is -2.47. The Balaban J connectivity index is 1.46. The first-order valence-electron chi connectivity index (χ1n) is 7.77. The van der Waals surface area contributed by atoms with Crippen LogP contribution < -0.4 is 10.6 Å². The van der Waals surface area contributed by atoms with Crippen molar-refractivity contribution < 1.29 is 14.0 Å². The van der Waals surface area contributed by atoms with Gasteiger partial charge >= 0.3 is 6.03 Å². The maximum atomic E-state index is 12.2. The molecule has 1 aliphatic heterocycles. The van der Waals surface area contributed by atoms with Crippen molar-refractivity contribution in [2.24, 2.45) is 0 Å². The van der Waals surface area contributed by atoms with Crippen LogP contribution in [0.4, 0.5) is 10.5 Å². The van der Waals surface area contributed by atoms with Crippen LogP contribution in [0.1, 0.15) is 23.4 Å². The summed E-state index contributed by atoms with van der Waals surface area (Å²) >= 11 is 5.81. The maximum Gasteiger partial charge on any atom is 0.319 e. The summed E-state index contributed by atoms with van der Waals surface area (Å²) in [7, 11) is 0. The molecule has 7 heteroatoms. The molecule has 0 atom stereocenters. The molecular weight excluding hydrogens is 330 g/mol. The van der Waals surface area contributed by atoms with Crippen LogP contribution in [0, 0.1) is 0 Å². The van der Waals surface area contributed by atoms with Crippen LogP contribution >= 0.6 is 11.6 Å². The molecule has 24 heavy (non-hydrogen) atoms. The first kappa shape index (κ1) is 16.4. The van der Waals surface area contributed by atoms with Crippen molar-refractivity contribution in [2.45, 2.75) is 18.9 Å². The van der Waals surface area contributed by atoms with Crippen LogP contribution in [0.3, 0.4) is 0 Å². The van der Waals surface area contributed by atoms with Gasteiger partial charge < -0.3 is 20.0 Å². The van der Waals surface area contributed by atoms with Gasteiger partial charge in [0.15, 0.2) is 5.76 Å². The van der Waals surface area contributed by atoms with Crippen molar-refractivity contribution in [1.82, 2.24) is 10.2 Å². The highest BCUT2D eigenvalue weighted by molar-refractivity contribution is 6.30. The molecule has 3 amide bonds. The van der Waals surface area contributed by atoms with Gasteiger partial charge in [0.2, 0.25) is 0 Å². The Kier molecular flexibility index (Phi) is 5.05. The van der Waals surface area contributed by atoms with Crippen molar-refractivity contribution >= 4 is 29.2 Å². The predicted octanol–water partition coefficient (Wildman–Crippen LogP) is 3.36. The molecule has 0 saturated carbocycles. The molecule has 1 aromatic carbocycles. The second kappa shape index (κ2) is 7.40. The molecule has 1 aromatic heterocycles. The highest BCUT2D eigenvalue weighted by atomic mass is 35.5. The number of benzene rings is 1. The van der Waals surface area contributed by atoms with Crippen molar-refractivity contribution in [1.29, 1.82) is 0 Å². The van der Waals surface area contributed by atoms with Crippen molar-refractivity contribution in [2.75, 3.05) is 18.4 Å². The molecule has 0 bridgehead atoms. The number of furan rings is 1. The van der Waals surface area contributed by atoms with E-state index in [0.29, 0.717) is 42.4 Å². The molecule has 2 heterocycles. The van der Waals surface area contributed by atoms with Crippen LogP contribution in [-0.2, 0) is 0 Å². The van der Waals surface area contributed by atoms with Crippen LogP contribution in [0.2, 0.25) is 5.02 Å². The first-order valence-corrected chi connectivity index (χ1v) is 8.15. The third-order valence-electron chi connectivity index (χ3n) is 3.95. The molecule has 0 aliphatic carbocycles. The van der Waals surface area contributed by atoms with E-state index in [4.69, 9.17) is 16.0 Å². The second-order valence-electron chi connectivity index (χ2n) is 5.65. The minimum atomic E-state index is -0.256. The van der Waals surface area contributed by atoms with E-state index in [1.807, 2.05) is 0 Å². The predicted molar refractivity (Wildman–Crippen MR) is 91.2 cm³/mol. The Hall–Kier alpha value is -2.47. The topological polar surface area (TPSA) is 74.6 Å². The Morgan fingerprint density at radius 3 is 2.46 bits per heavy atom. The number of piperidine rings is 1. The van der Waals surface area contributed by atoms with Gasteiger partial charge in [-0.25, -0.2) is 4.79 Å². The number of rotatable bonds is 3. The lowest BCUT2D eigenvalue weighted by atomic mass is 10.0. The maximum absolute atomic E-state index is 12.2. The van der Waals surface area contributed by atoms with E-state index in [1.54, 1.807) is 41.3 Å². The summed E-state index contributed by atoms with van der Waals surface area (Å²) in [6.45, 7) is 1.18. The molecule has 1 fully saturated rings. The second-order valence-corrected chi connectivity index (χ2v) is 6.09. The van der Waals surface area contributed by atoms with Gasteiger partial charge in [-0.05, 0) is 49.2 Å². The van der Waals surface area contributed by atoms with Gasteiger partial charge in [0.25, 0.3) is 5.91 Å². The molecule has 1 aliphatic rings. The minimum Gasteiger partial charge on any atom is -0.459 e. The van der Waals surface area contributed by atoms with Gasteiger partial charge in [-0.15, -0.1) is 0 Å². The Morgan fingerprint density at radius 2 is 1.83 bits per heavy atom. The SMILES string of the molecule is O=C(Nc1ccc(Cl)cc1)NC1CCN(C(=O)c2ccco2)CC1. The number of nitrogens with zero attached hydrogens (tertiary/aromatic N) is 1. The third kappa shape index (κ3) is 4.08. The summed E-state index contributed by atoms with van der Waals surface area (Å²) in [5.74, 6) is 0.242. The van der Waals surface area contributed by atoms with Gasteiger partial charge in [-0.2, -0.15) is 0 Å². The van der Waals surface area contributed by atoms with Gasteiger partial charge in [-0.3, -0.25) is 4.79 Å². The number of carbonyl (C=O) groups excluding carboxylic acids is 2. The molecule has 3 rings (SSSR count). The van der Waals surface area contributed by atoms with Crippen molar-refractivity contribution in [3.8, 4) is 0 Å². The summed E-state index contributed by atoms with van der Waals surface area (Å²) in [5.41, 5.74) is 0.683. The number of hydrogen-bond acceptors (Lipinski definition) is 3. The Morgan fingerprint density at radius 1 is 1.12 bits per heavy atom. The monoisotopic (exact) mass is 347 g/mol. The Bertz CT molecular complexity index is 692. The average Bonchev–Trinajstić information content (AvgIpc) is 3.11. The average molecular weight is 348 g/mol. The molecule has 1 saturated heterocycles. The van der Waals surface area contributed by atoms with Gasteiger partial charge in [0.05, 0.1) is 6.26 Å². The lowest BCUT2D eigenvalue weighted by Gasteiger charge is -2.31. The van der Waals surface area contributed by atoms with E-state index < -0.39 is 0 Å². The number of urea groups is 1. The van der Waals surface area contributed by atoms with Gasteiger partial charge in [0, 0.05) is 29.8 Å². The quantitative estimate of drug-likeness (QED) is 0.894. The minimum absolute atomic E-state index is 0.0398. The fourth-order valence-corrected chi connectivity index (χ4v) is 2.79. The van der Waals surface area contributed by atoms with E-state index in [9.17, 15) is 9.59 Å². The number of halogens is 1. The van der Waals surface area contributed by atoms with Crippen LogP contribution in [0.15, 0.2) is 47.1 Å². The van der Waals surface area contributed by atoms with E-state index in [-0.39, 0.29) is 18.0 Å². The molecule has 2 aromatic rings. The lowest BCUT2D eigenvalue weighted by molar-refractivity contribution is 0.0676. The zero-order valence-corrected chi connectivity index (χ0v) is 13.8. The van der Waals surface area contributed by atoms with Crippen LogP contribution in [-0.4, -0.2) is 36.0 Å². The van der Waals surface area contributed by atoms with E-state index in [1.165, 1.54) is 6.26 Å². The summed E-state index contributed by atoms with van der Waals surface area (Å²) in [6.07, 6.45) is 2.91. The molecule has 0 unspecified atom stereocenters. The number of carbonyl (C=O) groups is 2. The highest BCUT2D eigenvalue weighted by Crippen LogP contribution is 2.16. The fraction of sp³-hybridized carbons (Fsp3) is 0.294. The van der Waals surface area contributed by atoms with E-state index >= 15 is 0 Å². The van der Waals surface area contributed by atoms with Gasteiger partial charge in [0.1, 0.15) is 0 Å². The van der Waals surface area contributed by atoms with Crippen molar-refractivity contribution in [3.63, 3.8) is 0 Å². The standard InChI is InChI=1S/C17H18ClN3O3/c18-12-3-5-13(6-4-12)19-17(23)20-14-7-9-21(10-8-14)16(22)15-2-1-11-24-15/h1-6,11,14H,7-10H2,(H2,19,20,23). The van der Waals surface area contributed by atoms with E-state index in [2.05, 4.69) is 10.6 Å². The molecule has 126 valence electrons.